The summed E-state index contributed by atoms with van der Waals surface area (Å²) in [5.41, 5.74) is 5.00. The van der Waals surface area contributed by atoms with Gasteiger partial charge < -0.3 is 5.11 Å². The minimum atomic E-state index is -0.549. The third kappa shape index (κ3) is 3.57. The Morgan fingerprint density at radius 2 is 1.81 bits per heavy atom. The van der Waals surface area contributed by atoms with Gasteiger partial charge in [-0.2, -0.15) is 5.10 Å². The number of benzene rings is 3. The number of nitrogens with zero attached hydrogens (tertiary/aromatic N) is 2. The molecule has 1 aliphatic rings. The smallest absolute Gasteiger partial charge is 0.123 e. The summed E-state index contributed by atoms with van der Waals surface area (Å²) in [6.07, 6.45) is 4.93. The van der Waals surface area contributed by atoms with E-state index >= 15 is 0 Å². The molecule has 0 fully saturated rings. The van der Waals surface area contributed by atoms with Crippen molar-refractivity contribution in [1.82, 2.24) is 9.78 Å². The monoisotopic (exact) mass is 412 g/mol. The molecule has 1 aliphatic carbocycles. The van der Waals surface area contributed by atoms with Crippen LogP contribution < -0.4 is 0 Å². The van der Waals surface area contributed by atoms with Crippen LogP contribution in [0.3, 0.4) is 0 Å². The first-order chi connectivity index (χ1) is 14.9. The van der Waals surface area contributed by atoms with Crippen LogP contribution in [0, 0.1) is 11.2 Å². The quantitative estimate of drug-likeness (QED) is 0.430. The van der Waals surface area contributed by atoms with E-state index in [1.165, 1.54) is 23.1 Å². The third-order valence-electron chi connectivity index (χ3n) is 6.65. The Hall–Kier alpha value is -3.24. The van der Waals surface area contributed by atoms with Crippen LogP contribution in [-0.2, 0) is 6.42 Å². The summed E-state index contributed by atoms with van der Waals surface area (Å²) in [4.78, 5) is 0. The maximum atomic E-state index is 13.3. The van der Waals surface area contributed by atoms with E-state index in [2.05, 4.69) is 49.3 Å². The number of halogens is 1. The predicted octanol–water partition coefficient (Wildman–Crippen LogP) is 6.25. The normalized spacial score (nSPS) is 19.2. The highest BCUT2D eigenvalue weighted by Crippen LogP contribution is 2.44. The second-order valence-electron chi connectivity index (χ2n) is 8.83. The summed E-state index contributed by atoms with van der Waals surface area (Å²) in [6.45, 7) is 4.33. The molecule has 4 heteroatoms. The Kier molecular flexibility index (Phi) is 4.75. The zero-order valence-electron chi connectivity index (χ0n) is 17.7. The van der Waals surface area contributed by atoms with Crippen molar-refractivity contribution in [3.63, 3.8) is 0 Å². The molecule has 2 atom stereocenters. The molecule has 3 aromatic carbocycles. The fraction of sp³-hybridized carbons (Fsp3) is 0.222. The molecule has 1 N–H and O–H groups in total. The highest BCUT2D eigenvalue weighted by Gasteiger charge is 2.35. The van der Waals surface area contributed by atoms with Crippen molar-refractivity contribution < 1.29 is 9.50 Å². The van der Waals surface area contributed by atoms with E-state index < -0.39 is 6.10 Å². The van der Waals surface area contributed by atoms with E-state index in [-0.39, 0.29) is 11.2 Å². The Bertz CT molecular complexity index is 1290. The van der Waals surface area contributed by atoms with Crippen LogP contribution in [0.1, 0.15) is 43.2 Å². The fourth-order valence-electron chi connectivity index (χ4n) is 4.60. The lowest BCUT2D eigenvalue weighted by atomic mass is 9.70. The summed E-state index contributed by atoms with van der Waals surface area (Å²) in [7, 11) is 0. The molecule has 5 rings (SSSR count). The van der Waals surface area contributed by atoms with E-state index in [1.54, 1.807) is 12.1 Å². The van der Waals surface area contributed by atoms with Gasteiger partial charge in [0.25, 0.3) is 0 Å². The molecule has 1 heterocycles. The minimum Gasteiger partial charge on any atom is -0.388 e. The zero-order valence-corrected chi connectivity index (χ0v) is 17.7. The lowest BCUT2D eigenvalue weighted by Gasteiger charge is -2.36. The molecular weight excluding hydrogens is 387 g/mol. The molecule has 0 saturated carbocycles. The van der Waals surface area contributed by atoms with Crippen molar-refractivity contribution in [2.24, 2.45) is 5.41 Å². The van der Waals surface area contributed by atoms with Crippen molar-refractivity contribution in [2.75, 3.05) is 0 Å². The van der Waals surface area contributed by atoms with E-state index in [0.29, 0.717) is 6.42 Å². The lowest BCUT2D eigenvalue weighted by molar-refractivity contribution is 0.121. The molecule has 0 aliphatic heterocycles. The maximum absolute atomic E-state index is 13.3. The van der Waals surface area contributed by atoms with Crippen LogP contribution in [0.4, 0.5) is 4.39 Å². The molecule has 0 saturated heterocycles. The first kappa shape index (κ1) is 19.7. The van der Waals surface area contributed by atoms with Gasteiger partial charge in [-0.1, -0.05) is 48.9 Å². The standard InChI is InChI=1S/C27H25FN2O/c1-18-13-25-22(17-29-30(25)24-11-9-23(28)10-12-24)15-27(18,2)16-26(31)21-8-7-19-5-3-4-6-20(19)14-21/h3-14,17,26,31H,15-16H2,1-2H3/t26?,27-/m1/s1. The summed E-state index contributed by atoms with van der Waals surface area (Å²) < 4.78 is 15.2. The molecule has 31 heavy (non-hydrogen) atoms. The Morgan fingerprint density at radius 3 is 2.58 bits per heavy atom. The highest BCUT2D eigenvalue weighted by molar-refractivity contribution is 5.83. The van der Waals surface area contributed by atoms with Crippen LogP contribution in [0.15, 0.2) is 78.5 Å². The summed E-state index contributed by atoms with van der Waals surface area (Å²) in [5, 5.41) is 18.0. The lowest BCUT2D eigenvalue weighted by Crippen LogP contribution is -2.27. The Labute approximate surface area is 181 Å². The average Bonchev–Trinajstić information content (AvgIpc) is 3.16. The SMILES string of the molecule is CC1=Cc2c(cnn2-c2ccc(F)cc2)C[C@]1(C)CC(O)c1ccc2ccccc2c1. The second kappa shape index (κ2) is 7.47. The number of hydrogen-bond acceptors (Lipinski definition) is 2. The average molecular weight is 413 g/mol. The molecule has 4 aromatic rings. The number of fused-ring (bicyclic) bond motifs is 2. The van der Waals surface area contributed by atoms with Gasteiger partial charge in [-0.15, -0.1) is 0 Å². The third-order valence-corrected chi connectivity index (χ3v) is 6.65. The van der Waals surface area contributed by atoms with Crippen molar-refractivity contribution in [2.45, 2.75) is 32.8 Å². The van der Waals surface area contributed by atoms with Gasteiger partial charge in [0, 0.05) is 0 Å². The molecule has 3 nitrogen and oxygen atoms in total. The number of aliphatic hydroxyl groups is 1. The van der Waals surface area contributed by atoms with E-state index in [4.69, 9.17) is 0 Å². The molecule has 1 unspecified atom stereocenters. The Balaban J connectivity index is 1.42. The van der Waals surface area contributed by atoms with Gasteiger partial charge in [0.15, 0.2) is 0 Å². The second-order valence-corrected chi connectivity index (χ2v) is 8.83. The van der Waals surface area contributed by atoms with Gasteiger partial charge in [0.2, 0.25) is 0 Å². The van der Waals surface area contributed by atoms with E-state index in [0.717, 1.165) is 34.3 Å². The summed E-state index contributed by atoms with van der Waals surface area (Å²) in [5.74, 6) is -0.258. The van der Waals surface area contributed by atoms with Gasteiger partial charge in [0.1, 0.15) is 5.82 Å². The van der Waals surface area contributed by atoms with Crippen molar-refractivity contribution >= 4 is 16.8 Å². The van der Waals surface area contributed by atoms with Crippen molar-refractivity contribution in [3.05, 3.63) is 101 Å². The molecule has 0 bridgehead atoms. The zero-order chi connectivity index (χ0) is 21.6. The van der Waals surface area contributed by atoms with E-state index in [9.17, 15) is 9.50 Å². The van der Waals surface area contributed by atoms with Crippen LogP contribution in [0.25, 0.3) is 22.5 Å². The van der Waals surface area contributed by atoms with Gasteiger partial charge in [-0.25, -0.2) is 9.07 Å². The van der Waals surface area contributed by atoms with Crippen molar-refractivity contribution in [3.8, 4) is 5.69 Å². The summed E-state index contributed by atoms with van der Waals surface area (Å²) in [6, 6.07) is 20.8. The topological polar surface area (TPSA) is 38.0 Å². The number of aromatic nitrogens is 2. The maximum Gasteiger partial charge on any atom is 0.123 e. The van der Waals surface area contributed by atoms with Crippen LogP contribution in [0.2, 0.25) is 0 Å². The molecule has 0 radical (unpaired) electrons. The number of aliphatic hydroxyl groups excluding tert-OH is 1. The number of hydrogen-bond donors (Lipinski definition) is 1. The first-order valence-electron chi connectivity index (χ1n) is 10.6. The van der Waals surface area contributed by atoms with Gasteiger partial charge in [-0.05, 0) is 83.5 Å². The minimum absolute atomic E-state index is 0.172. The van der Waals surface area contributed by atoms with E-state index in [1.807, 2.05) is 29.1 Å². The number of rotatable bonds is 4. The van der Waals surface area contributed by atoms with Gasteiger partial charge in [0.05, 0.1) is 23.7 Å². The molecule has 0 spiro atoms. The molecule has 0 amide bonds. The van der Waals surface area contributed by atoms with Crippen LogP contribution in [0.5, 0.6) is 0 Å². The van der Waals surface area contributed by atoms with Crippen LogP contribution >= 0.6 is 0 Å². The fourth-order valence-corrected chi connectivity index (χ4v) is 4.60. The van der Waals surface area contributed by atoms with Crippen molar-refractivity contribution in [1.29, 1.82) is 0 Å². The highest BCUT2D eigenvalue weighted by atomic mass is 19.1. The molecule has 156 valence electrons. The molecule has 1 aromatic heterocycles. The number of allylic oxidation sites excluding steroid dienone is 1. The first-order valence-corrected chi connectivity index (χ1v) is 10.6. The van der Waals surface area contributed by atoms with Gasteiger partial charge >= 0.3 is 0 Å². The van der Waals surface area contributed by atoms with Crippen LogP contribution in [-0.4, -0.2) is 14.9 Å². The Morgan fingerprint density at radius 1 is 1.06 bits per heavy atom. The molecular formula is C27H25FN2O. The largest absolute Gasteiger partial charge is 0.388 e. The predicted molar refractivity (Wildman–Crippen MR) is 123 cm³/mol. The summed E-state index contributed by atoms with van der Waals surface area (Å²) >= 11 is 0. The van der Waals surface area contributed by atoms with Gasteiger partial charge in [-0.3, -0.25) is 0 Å².